The van der Waals surface area contributed by atoms with Crippen molar-refractivity contribution in [2.24, 2.45) is 5.92 Å². The van der Waals surface area contributed by atoms with Crippen LogP contribution < -0.4 is 15.5 Å². The highest BCUT2D eigenvalue weighted by Gasteiger charge is 2.26. The average molecular weight is 378 g/mol. The molecule has 6 nitrogen and oxygen atoms in total. The molecular formula is C22H26N4O2. The molecular weight excluding hydrogens is 352 g/mol. The van der Waals surface area contributed by atoms with Crippen molar-refractivity contribution in [1.82, 2.24) is 4.98 Å². The Morgan fingerprint density at radius 1 is 1.14 bits per heavy atom. The number of benzene rings is 1. The highest BCUT2D eigenvalue weighted by molar-refractivity contribution is 5.96. The summed E-state index contributed by atoms with van der Waals surface area (Å²) in [5.41, 5.74) is 2.71. The van der Waals surface area contributed by atoms with Gasteiger partial charge in [0.1, 0.15) is 5.82 Å². The molecule has 4 rings (SSSR count). The quantitative estimate of drug-likeness (QED) is 0.834. The second-order valence-electron chi connectivity index (χ2n) is 7.59. The van der Waals surface area contributed by atoms with Crippen molar-refractivity contribution < 1.29 is 9.59 Å². The fourth-order valence-electron chi connectivity index (χ4n) is 3.95. The van der Waals surface area contributed by atoms with Crippen molar-refractivity contribution in [1.29, 1.82) is 0 Å². The Hall–Kier alpha value is -2.89. The van der Waals surface area contributed by atoms with Gasteiger partial charge in [-0.25, -0.2) is 4.98 Å². The van der Waals surface area contributed by atoms with Gasteiger partial charge in [-0.2, -0.15) is 0 Å². The molecule has 1 unspecified atom stereocenters. The molecule has 2 amide bonds. The van der Waals surface area contributed by atoms with Crippen molar-refractivity contribution in [3.63, 3.8) is 0 Å². The first-order chi connectivity index (χ1) is 13.7. The Kier molecular flexibility index (Phi) is 5.55. The molecule has 0 aliphatic carbocycles. The molecule has 1 atom stereocenters. The maximum Gasteiger partial charge on any atom is 0.227 e. The third-order valence-electron chi connectivity index (χ3n) is 5.54. The van der Waals surface area contributed by atoms with Crippen LogP contribution in [0.1, 0.15) is 37.7 Å². The molecule has 2 aromatic rings. The average Bonchev–Trinajstić information content (AvgIpc) is 2.73. The summed E-state index contributed by atoms with van der Waals surface area (Å²) in [6, 6.07) is 11.7. The minimum Gasteiger partial charge on any atom is -0.357 e. The van der Waals surface area contributed by atoms with Gasteiger partial charge in [0.2, 0.25) is 11.8 Å². The van der Waals surface area contributed by atoms with Crippen molar-refractivity contribution in [2.75, 3.05) is 28.6 Å². The van der Waals surface area contributed by atoms with Crippen LogP contribution >= 0.6 is 0 Å². The third kappa shape index (κ3) is 4.32. The first-order valence-electron chi connectivity index (χ1n) is 10.1. The van der Waals surface area contributed by atoms with E-state index in [1.54, 1.807) is 6.20 Å². The van der Waals surface area contributed by atoms with Gasteiger partial charge in [-0.3, -0.25) is 9.59 Å². The molecule has 1 saturated heterocycles. The molecule has 28 heavy (non-hydrogen) atoms. The van der Waals surface area contributed by atoms with Crippen LogP contribution in [0.2, 0.25) is 0 Å². The largest absolute Gasteiger partial charge is 0.357 e. The minimum atomic E-state index is -0.166. The predicted molar refractivity (Wildman–Crippen MR) is 110 cm³/mol. The van der Waals surface area contributed by atoms with E-state index in [2.05, 4.69) is 20.5 Å². The van der Waals surface area contributed by atoms with Gasteiger partial charge in [0.05, 0.1) is 11.9 Å². The van der Waals surface area contributed by atoms with E-state index in [0.717, 1.165) is 30.2 Å². The maximum absolute atomic E-state index is 12.3. The highest BCUT2D eigenvalue weighted by Crippen LogP contribution is 2.27. The van der Waals surface area contributed by atoms with E-state index in [4.69, 9.17) is 0 Å². The van der Waals surface area contributed by atoms with Crippen LogP contribution in [-0.2, 0) is 16.0 Å². The molecule has 0 saturated carbocycles. The molecule has 3 heterocycles. The molecule has 1 fully saturated rings. The number of nitrogens with zero attached hydrogens (tertiary/aromatic N) is 2. The Bertz CT molecular complexity index is 844. The number of piperidine rings is 1. The number of pyridine rings is 1. The van der Waals surface area contributed by atoms with Crippen LogP contribution in [0, 0.1) is 5.92 Å². The van der Waals surface area contributed by atoms with Crippen molar-refractivity contribution in [3.8, 4) is 0 Å². The first-order valence-corrected chi connectivity index (χ1v) is 10.1. The second kappa shape index (κ2) is 8.42. The zero-order valence-electron chi connectivity index (χ0n) is 16.0. The molecule has 2 aliphatic heterocycles. The summed E-state index contributed by atoms with van der Waals surface area (Å²) >= 11 is 0. The van der Waals surface area contributed by atoms with Gasteiger partial charge >= 0.3 is 0 Å². The number of para-hydroxylation sites is 1. The third-order valence-corrected chi connectivity index (χ3v) is 5.54. The lowest BCUT2D eigenvalue weighted by molar-refractivity contribution is -0.121. The van der Waals surface area contributed by atoms with E-state index in [9.17, 15) is 9.59 Å². The lowest BCUT2D eigenvalue weighted by atomic mass is 9.89. The SMILES string of the molecule is O=C(CCC1Cc2ccccc2NC1=O)Nc1ccc(N2CCCCC2)nc1. The van der Waals surface area contributed by atoms with Gasteiger partial charge in [-0.15, -0.1) is 0 Å². The smallest absolute Gasteiger partial charge is 0.227 e. The molecule has 146 valence electrons. The van der Waals surface area contributed by atoms with Gasteiger partial charge in [0.25, 0.3) is 0 Å². The van der Waals surface area contributed by atoms with Crippen molar-refractivity contribution >= 4 is 29.0 Å². The number of hydrogen-bond donors (Lipinski definition) is 2. The van der Waals surface area contributed by atoms with Gasteiger partial charge in [0, 0.05) is 31.1 Å². The second-order valence-corrected chi connectivity index (χ2v) is 7.59. The molecule has 1 aromatic heterocycles. The number of aromatic nitrogens is 1. The van der Waals surface area contributed by atoms with Gasteiger partial charge < -0.3 is 15.5 Å². The van der Waals surface area contributed by atoms with Crippen molar-refractivity contribution in [3.05, 3.63) is 48.2 Å². The highest BCUT2D eigenvalue weighted by atomic mass is 16.2. The van der Waals surface area contributed by atoms with Crippen LogP contribution in [0.25, 0.3) is 0 Å². The topological polar surface area (TPSA) is 74.3 Å². The molecule has 2 aliphatic rings. The van der Waals surface area contributed by atoms with E-state index < -0.39 is 0 Å². The number of nitrogens with one attached hydrogen (secondary N) is 2. The molecule has 2 N–H and O–H groups in total. The molecule has 6 heteroatoms. The Labute approximate surface area is 165 Å². The lowest BCUT2D eigenvalue weighted by Crippen LogP contribution is -2.30. The summed E-state index contributed by atoms with van der Waals surface area (Å²) in [6.07, 6.45) is 6.94. The fraction of sp³-hybridized carbons (Fsp3) is 0.409. The zero-order valence-corrected chi connectivity index (χ0v) is 16.0. The van der Waals surface area contributed by atoms with Gasteiger partial charge in [-0.05, 0) is 55.9 Å². The number of carbonyl (C=O) groups is 2. The van der Waals surface area contributed by atoms with Crippen molar-refractivity contribution in [2.45, 2.75) is 38.5 Å². The summed E-state index contributed by atoms with van der Waals surface area (Å²) in [6.45, 7) is 2.09. The van der Waals surface area contributed by atoms with Crippen LogP contribution in [0.5, 0.6) is 0 Å². The summed E-state index contributed by atoms with van der Waals surface area (Å²) < 4.78 is 0. The van der Waals surface area contributed by atoms with Crippen LogP contribution in [0.15, 0.2) is 42.6 Å². The fourth-order valence-corrected chi connectivity index (χ4v) is 3.95. The standard InChI is InChI=1S/C22H26N4O2/c27-21(11-8-17-14-16-6-2-3-7-19(16)25-22(17)28)24-18-9-10-20(23-15-18)26-12-4-1-5-13-26/h2-3,6-7,9-10,15,17H,1,4-5,8,11-14H2,(H,24,27)(H,25,28). The number of carbonyl (C=O) groups excluding carboxylic acids is 2. The van der Waals surface area contributed by atoms with E-state index in [-0.39, 0.29) is 17.7 Å². The Balaban J connectivity index is 1.28. The molecule has 0 spiro atoms. The van der Waals surface area contributed by atoms with E-state index >= 15 is 0 Å². The number of fused-ring (bicyclic) bond motifs is 1. The summed E-state index contributed by atoms with van der Waals surface area (Å²) in [5, 5.41) is 5.83. The Morgan fingerprint density at radius 3 is 2.75 bits per heavy atom. The van der Waals surface area contributed by atoms with Crippen LogP contribution in [-0.4, -0.2) is 29.9 Å². The van der Waals surface area contributed by atoms with Gasteiger partial charge in [0.15, 0.2) is 0 Å². The molecule has 0 radical (unpaired) electrons. The zero-order chi connectivity index (χ0) is 19.3. The summed E-state index contributed by atoms with van der Waals surface area (Å²) in [5.74, 6) is 0.716. The summed E-state index contributed by atoms with van der Waals surface area (Å²) in [7, 11) is 0. The molecule has 0 bridgehead atoms. The normalized spacial score (nSPS) is 18.9. The van der Waals surface area contributed by atoms with E-state index in [0.29, 0.717) is 24.9 Å². The maximum atomic E-state index is 12.3. The Morgan fingerprint density at radius 2 is 1.96 bits per heavy atom. The monoisotopic (exact) mass is 378 g/mol. The number of rotatable bonds is 5. The lowest BCUT2D eigenvalue weighted by Gasteiger charge is -2.27. The van der Waals surface area contributed by atoms with E-state index in [1.807, 2.05) is 36.4 Å². The first kappa shape index (κ1) is 18.5. The minimum absolute atomic E-state index is 0.000879. The summed E-state index contributed by atoms with van der Waals surface area (Å²) in [4.78, 5) is 31.3. The predicted octanol–water partition coefficient (Wildman–Crippen LogP) is 3.60. The van der Waals surface area contributed by atoms with E-state index in [1.165, 1.54) is 19.3 Å². The van der Waals surface area contributed by atoms with Crippen LogP contribution in [0.3, 0.4) is 0 Å². The number of amides is 2. The number of anilines is 3. The van der Waals surface area contributed by atoms with Crippen LogP contribution in [0.4, 0.5) is 17.2 Å². The molecule has 1 aromatic carbocycles. The van der Waals surface area contributed by atoms with Gasteiger partial charge in [-0.1, -0.05) is 18.2 Å². The number of hydrogen-bond acceptors (Lipinski definition) is 4.